The Bertz CT molecular complexity index is 83.3. The Labute approximate surface area is 59.4 Å². The van der Waals surface area contributed by atoms with Crippen LogP contribution < -0.4 is 0 Å². The second-order valence-corrected chi connectivity index (χ2v) is 2.68. The molecule has 3 heteroatoms. The number of hydrogen-bond donors (Lipinski definition) is 0. The van der Waals surface area contributed by atoms with Gasteiger partial charge < -0.3 is 0 Å². The molecule has 0 aliphatic rings. The maximum absolute atomic E-state index is 11.5. The summed E-state index contributed by atoms with van der Waals surface area (Å²) in [5.41, 5.74) is 0. The monoisotopic (exact) mass is 153 g/mol. The third kappa shape index (κ3) is 7.79. The van der Waals surface area contributed by atoms with Crippen LogP contribution >= 0.6 is 0 Å². The minimum Gasteiger partial charge on any atom is -0.171 e. The Hall–Kier alpha value is -0.210. The van der Waals surface area contributed by atoms with Gasteiger partial charge in [-0.2, -0.15) is 13.2 Å². The quantitative estimate of drug-likeness (QED) is 0.583. The van der Waals surface area contributed by atoms with Crippen LogP contribution in [0.25, 0.3) is 0 Å². The molecule has 0 aromatic carbocycles. The molecule has 0 nitrogen and oxygen atoms in total. The molecule has 0 fully saturated rings. The molecule has 61 valence electrons. The van der Waals surface area contributed by atoms with E-state index in [0.29, 0.717) is 6.42 Å². The van der Waals surface area contributed by atoms with E-state index in [0.717, 1.165) is 5.92 Å². The number of hydrogen-bond acceptors (Lipinski definition) is 0. The molecule has 0 amide bonds. The molecule has 0 aromatic rings. The van der Waals surface area contributed by atoms with E-state index in [1.165, 1.54) is 0 Å². The van der Waals surface area contributed by atoms with Crippen molar-refractivity contribution in [1.82, 2.24) is 0 Å². The topological polar surface area (TPSA) is 0 Å². The van der Waals surface area contributed by atoms with E-state index >= 15 is 0 Å². The lowest BCUT2D eigenvalue weighted by Crippen LogP contribution is -2.06. The average Bonchev–Trinajstić information content (AvgIpc) is 1.59. The first-order valence-corrected chi connectivity index (χ1v) is 3.27. The van der Waals surface area contributed by atoms with Crippen LogP contribution in [-0.4, -0.2) is 6.18 Å². The van der Waals surface area contributed by atoms with Crippen LogP contribution in [0.3, 0.4) is 0 Å². The predicted octanol–water partition coefficient (Wildman–Crippen LogP) is 3.33. The summed E-state index contributed by atoms with van der Waals surface area (Å²) in [4.78, 5) is 0. The molecule has 0 aliphatic heterocycles. The van der Waals surface area contributed by atoms with Crippen LogP contribution in [0, 0.1) is 5.92 Å². The van der Waals surface area contributed by atoms with Crippen LogP contribution in [0.1, 0.15) is 33.1 Å². The van der Waals surface area contributed by atoms with Crippen molar-refractivity contribution in [3.8, 4) is 0 Å². The van der Waals surface area contributed by atoms with Crippen molar-refractivity contribution in [2.75, 3.05) is 0 Å². The third-order valence-electron chi connectivity index (χ3n) is 1.14. The Morgan fingerprint density at radius 1 is 1.20 bits per heavy atom. The number of rotatable bonds is 3. The zero-order valence-electron chi connectivity index (χ0n) is 6.26. The first kappa shape index (κ1) is 9.79. The van der Waals surface area contributed by atoms with Gasteiger partial charge in [0.15, 0.2) is 0 Å². The van der Waals surface area contributed by atoms with Crippen LogP contribution in [0.15, 0.2) is 0 Å². The summed E-state index contributed by atoms with van der Waals surface area (Å²) in [6.07, 6.45) is -3.82. The molecule has 0 spiro atoms. The van der Waals surface area contributed by atoms with Gasteiger partial charge >= 0.3 is 6.18 Å². The van der Waals surface area contributed by atoms with E-state index in [2.05, 4.69) is 0 Å². The highest BCUT2D eigenvalue weighted by atomic mass is 19.4. The Balaban J connectivity index is 3.21. The summed E-state index contributed by atoms with van der Waals surface area (Å²) in [6, 6.07) is 0. The van der Waals surface area contributed by atoms with Crippen LogP contribution in [0.2, 0.25) is 0 Å². The second kappa shape index (κ2) is 3.84. The molecule has 0 N–H and O–H groups in total. The molecule has 0 bridgehead atoms. The maximum Gasteiger partial charge on any atom is 0.389 e. The summed E-state index contributed by atoms with van der Waals surface area (Å²) in [7, 11) is 0. The zero-order chi connectivity index (χ0) is 8.20. The van der Waals surface area contributed by atoms with Gasteiger partial charge in [-0.3, -0.25) is 0 Å². The van der Waals surface area contributed by atoms with E-state index < -0.39 is 12.6 Å². The van der Waals surface area contributed by atoms with Crippen molar-refractivity contribution >= 4 is 0 Å². The minimum absolute atomic E-state index is 0.228. The maximum atomic E-state index is 11.5. The summed E-state index contributed by atoms with van der Waals surface area (Å²) in [6.45, 7) is 3.69. The van der Waals surface area contributed by atoms with E-state index in [1.807, 2.05) is 13.8 Å². The summed E-state index contributed by atoms with van der Waals surface area (Å²) in [5, 5.41) is 0. The fourth-order valence-electron chi connectivity index (χ4n) is 0.642. The minimum atomic E-state index is -3.98. The molecule has 1 radical (unpaired) electrons. The number of alkyl halides is 3. The van der Waals surface area contributed by atoms with Crippen molar-refractivity contribution in [2.45, 2.75) is 39.3 Å². The Kier molecular flexibility index (Phi) is 3.76. The number of halogens is 3. The van der Waals surface area contributed by atoms with E-state index in [1.54, 1.807) is 0 Å². The van der Waals surface area contributed by atoms with Crippen molar-refractivity contribution in [2.24, 2.45) is 0 Å². The molecule has 0 rings (SSSR count). The normalized spacial score (nSPS) is 12.6. The molecule has 0 saturated heterocycles. The molecule has 0 unspecified atom stereocenters. The average molecular weight is 153 g/mol. The van der Waals surface area contributed by atoms with Crippen molar-refractivity contribution in [1.29, 1.82) is 0 Å². The molecular formula is C7H12F3. The van der Waals surface area contributed by atoms with Crippen molar-refractivity contribution in [3.05, 3.63) is 5.92 Å². The van der Waals surface area contributed by atoms with Gasteiger partial charge in [-0.15, -0.1) is 0 Å². The summed E-state index contributed by atoms with van der Waals surface area (Å²) < 4.78 is 34.5. The molecule has 0 atom stereocenters. The summed E-state index contributed by atoms with van der Waals surface area (Å²) >= 11 is 0. The molecule has 0 aliphatic carbocycles. The van der Waals surface area contributed by atoms with Gasteiger partial charge in [0.1, 0.15) is 0 Å². The van der Waals surface area contributed by atoms with Crippen LogP contribution in [-0.2, 0) is 0 Å². The second-order valence-electron chi connectivity index (χ2n) is 2.68. The Morgan fingerprint density at radius 2 is 1.70 bits per heavy atom. The largest absolute Gasteiger partial charge is 0.389 e. The van der Waals surface area contributed by atoms with E-state index in [9.17, 15) is 13.2 Å². The molecule has 0 heterocycles. The molecule has 0 saturated carbocycles. The van der Waals surface area contributed by atoms with Crippen molar-refractivity contribution in [3.63, 3.8) is 0 Å². The van der Waals surface area contributed by atoms with Gasteiger partial charge in [-0.1, -0.05) is 13.8 Å². The summed E-state index contributed by atoms with van der Waals surface area (Å²) in [5.74, 6) is 1.06. The first-order valence-electron chi connectivity index (χ1n) is 3.27. The molecule has 0 aromatic heterocycles. The van der Waals surface area contributed by atoms with Crippen molar-refractivity contribution < 1.29 is 13.2 Å². The van der Waals surface area contributed by atoms with Gasteiger partial charge in [0.2, 0.25) is 0 Å². The highest BCUT2D eigenvalue weighted by Gasteiger charge is 2.25. The van der Waals surface area contributed by atoms with Crippen LogP contribution in [0.4, 0.5) is 13.2 Å². The van der Waals surface area contributed by atoms with E-state index in [-0.39, 0.29) is 6.42 Å². The fourth-order valence-corrected chi connectivity index (χ4v) is 0.642. The lowest BCUT2D eigenvalue weighted by Gasteiger charge is -2.06. The molecular weight excluding hydrogens is 141 g/mol. The fraction of sp³-hybridized carbons (Fsp3) is 0.857. The van der Waals surface area contributed by atoms with Gasteiger partial charge in [0, 0.05) is 6.42 Å². The lowest BCUT2D eigenvalue weighted by molar-refractivity contribution is -0.135. The SMILES string of the molecule is C[C](C)CCCC(F)(F)F. The highest BCUT2D eigenvalue weighted by Crippen LogP contribution is 2.23. The van der Waals surface area contributed by atoms with Gasteiger partial charge in [0.25, 0.3) is 0 Å². The molecule has 10 heavy (non-hydrogen) atoms. The first-order chi connectivity index (χ1) is 4.42. The predicted molar refractivity (Wildman–Crippen MR) is 34.5 cm³/mol. The lowest BCUT2D eigenvalue weighted by atomic mass is 10.1. The third-order valence-corrected chi connectivity index (χ3v) is 1.14. The highest BCUT2D eigenvalue weighted by molar-refractivity contribution is 4.76. The van der Waals surface area contributed by atoms with Gasteiger partial charge in [-0.05, 0) is 18.8 Å². The zero-order valence-corrected chi connectivity index (χ0v) is 6.26. The van der Waals surface area contributed by atoms with Gasteiger partial charge in [0.05, 0.1) is 0 Å². The smallest absolute Gasteiger partial charge is 0.171 e. The standard InChI is InChI=1S/C7H12F3/c1-6(2)4-3-5-7(8,9)10/h3-5H2,1-2H3. The Morgan fingerprint density at radius 3 is 2.00 bits per heavy atom. The van der Waals surface area contributed by atoms with Crippen LogP contribution in [0.5, 0.6) is 0 Å². The van der Waals surface area contributed by atoms with Gasteiger partial charge in [-0.25, -0.2) is 0 Å². The van der Waals surface area contributed by atoms with E-state index in [4.69, 9.17) is 0 Å².